The molecule has 2 N–H and O–H groups in total. The number of urea groups is 1. The Balaban J connectivity index is 2.21. The van der Waals surface area contributed by atoms with Gasteiger partial charge in [0.1, 0.15) is 0 Å². The molecule has 0 aliphatic carbocycles. The van der Waals surface area contributed by atoms with E-state index in [-0.39, 0.29) is 12.1 Å². The molecule has 1 fully saturated rings. The maximum Gasteiger partial charge on any atom is 0.322 e. The van der Waals surface area contributed by atoms with Gasteiger partial charge in [-0.15, -0.1) is 0 Å². The van der Waals surface area contributed by atoms with Crippen LogP contribution in [-0.4, -0.2) is 32.2 Å². The highest BCUT2D eigenvalue weighted by molar-refractivity contribution is 5.96. The van der Waals surface area contributed by atoms with E-state index < -0.39 is 0 Å². The Morgan fingerprint density at radius 3 is 2.53 bits per heavy atom. The number of carbonyl (C=O) groups excluding carboxylic acids is 1. The van der Waals surface area contributed by atoms with E-state index in [1.54, 1.807) is 0 Å². The van der Waals surface area contributed by atoms with E-state index in [1.807, 2.05) is 11.9 Å². The molecule has 104 valence electrons. The van der Waals surface area contributed by atoms with Crippen LogP contribution >= 0.6 is 0 Å². The fourth-order valence-electron chi connectivity index (χ4n) is 2.87. The van der Waals surface area contributed by atoms with Crippen molar-refractivity contribution >= 4 is 11.7 Å². The minimum Gasteiger partial charge on any atom is -0.333 e. The van der Waals surface area contributed by atoms with Crippen molar-refractivity contribution in [2.45, 2.75) is 33.2 Å². The summed E-state index contributed by atoms with van der Waals surface area (Å²) in [6, 6.07) is 4.53. The highest BCUT2D eigenvalue weighted by Crippen LogP contribution is 2.28. The largest absolute Gasteiger partial charge is 0.333 e. The number of benzene rings is 1. The summed E-state index contributed by atoms with van der Waals surface area (Å²) in [5.41, 5.74) is 4.64. The number of nitrogens with zero attached hydrogens (tertiary/aromatic N) is 1. The molecule has 1 heterocycles. The van der Waals surface area contributed by atoms with Gasteiger partial charge in [-0.05, 0) is 51.9 Å². The molecule has 1 aliphatic heterocycles. The molecule has 1 saturated heterocycles. The number of hydrogen-bond donors (Lipinski definition) is 2. The molecule has 0 bridgehead atoms. The van der Waals surface area contributed by atoms with Crippen molar-refractivity contribution in [3.8, 4) is 0 Å². The molecule has 1 aliphatic rings. The normalized spacial score (nSPS) is 18.8. The molecule has 1 aromatic rings. The van der Waals surface area contributed by atoms with E-state index in [9.17, 15) is 4.79 Å². The first kappa shape index (κ1) is 13.9. The van der Waals surface area contributed by atoms with Gasteiger partial charge in [0, 0.05) is 12.6 Å². The molecule has 19 heavy (non-hydrogen) atoms. The molecule has 4 nitrogen and oxygen atoms in total. The van der Waals surface area contributed by atoms with Crippen LogP contribution in [0, 0.1) is 20.8 Å². The first-order chi connectivity index (χ1) is 9.02. The number of amides is 2. The summed E-state index contributed by atoms with van der Waals surface area (Å²) in [4.78, 5) is 14.0. The van der Waals surface area contributed by atoms with Gasteiger partial charge in [0.25, 0.3) is 0 Å². The summed E-state index contributed by atoms with van der Waals surface area (Å²) in [6.45, 7) is 7.91. The van der Waals surface area contributed by atoms with Crippen LogP contribution in [0.4, 0.5) is 10.5 Å². The Morgan fingerprint density at radius 1 is 1.32 bits per heavy atom. The van der Waals surface area contributed by atoms with Crippen molar-refractivity contribution in [1.29, 1.82) is 0 Å². The summed E-state index contributed by atoms with van der Waals surface area (Å²) in [5.74, 6) is 0. The lowest BCUT2D eigenvalue weighted by Crippen LogP contribution is -2.30. The van der Waals surface area contributed by atoms with E-state index in [2.05, 4.69) is 43.5 Å². The van der Waals surface area contributed by atoms with Gasteiger partial charge < -0.3 is 10.6 Å². The lowest BCUT2D eigenvalue weighted by Gasteiger charge is -2.20. The zero-order valence-corrected chi connectivity index (χ0v) is 12.2. The van der Waals surface area contributed by atoms with Crippen LogP contribution in [-0.2, 0) is 0 Å². The molecular formula is C15H23N3O. The van der Waals surface area contributed by atoms with Crippen LogP contribution in [0.3, 0.4) is 0 Å². The smallest absolute Gasteiger partial charge is 0.322 e. The summed E-state index contributed by atoms with van der Waals surface area (Å²) < 4.78 is 0. The van der Waals surface area contributed by atoms with Crippen molar-refractivity contribution in [3.63, 3.8) is 0 Å². The van der Waals surface area contributed by atoms with Gasteiger partial charge in [-0.2, -0.15) is 0 Å². The Bertz CT molecular complexity index is 461. The average molecular weight is 261 g/mol. The molecule has 1 unspecified atom stereocenters. The summed E-state index contributed by atoms with van der Waals surface area (Å²) in [6.07, 6.45) is 0.961. The molecular weight excluding hydrogens is 238 g/mol. The monoisotopic (exact) mass is 261 g/mol. The van der Waals surface area contributed by atoms with E-state index in [4.69, 9.17) is 0 Å². The van der Waals surface area contributed by atoms with Gasteiger partial charge in [0.15, 0.2) is 0 Å². The van der Waals surface area contributed by atoms with Gasteiger partial charge in [-0.3, -0.25) is 4.90 Å². The lowest BCUT2D eigenvalue weighted by molar-refractivity contribution is 0.250. The van der Waals surface area contributed by atoms with Crippen molar-refractivity contribution in [2.24, 2.45) is 0 Å². The zero-order valence-electron chi connectivity index (χ0n) is 12.2. The van der Waals surface area contributed by atoms with Crippen molar-refractivity contribution in [2.75, 3.05) is 25.0 Å². The first-order valence-corrected chi connectivity index (χ1v) is 6.83. The number of hydrogen-bond acceptors (Lipinski definition) is 2. The lowest BCUT2D eigenvalue weighted by atomic mass is 10.0. The maximum atomic E-state index is 12.1. The number of rotatable bonds is 4. The quantitative estimate of drug-likeness (QED) is 0.872. The fourth-order valence-corrected chi connectivity index (χ4v) is 2.87. The molecule has 1 aromatic carbocycles. The summed E-state index contributed by atoms with van der Waals surface area (Å²) in [7, 11) is 1.93. The molecule has 2 rings (SSSR count). The Morgan fingerprint density at radius 2 is 1.95 bits per heavy atom. The van der Waals surface area contributed by atoms with Gasteiger partial charge in [0.2, 0.25) is 0 Å². The van der Waals surface area contributed by atoms with E-state index in [0.717, 1.165) is 25.2 Å². The predicted molar refractivity (Wildman–Crippen MR) is 78.9 cm³/mol. The second-order valence-corrected chi connectivity index (χ2v) is 5.40. The topological polar surface area (TPSA) is 44.4 Å². The van der Waals surface area contributed by atoms with Crippen LogP contribution < -0.4 is 15.5 Å². The maximum absolute atomic E-state index is 12.1. The van der Waals surface area contributed by atoms with Crippen LogP contribution in [0.5, 0.6) is 0 Å². The molecule has 0 radical (unpaired) electrons. The minimum absolute atomic E-state index is 0.0242. The van der Waals surface area contributed by atoms with Crippen molar-refractivity contribution in [1.82, 2.24) is 10.6 Å². The van der Waals surface area contributed by atoms with E-state index in [0.29, 0.717) is 0 Å². The summed E-state index contributed by atoms with van der Waals surface area (Å²) >= 11 is 0. The Kier molecular flexibility index (Phi) is 4.10. The Hall–Kier alpha value is -1.55. The second kappa shape index (κ2) is 5.61. The minimum atomic E-state index is 0.0242. The van der Waals surface area contributed by atoms with Gasteiger partial charge in [0.05, 0.1) is 5.69 Å². The molecule has 4 heteroatoms. The predicted octanol–water partition coefficient (Wildman–Crippen LogP) is 2.12. The van der Waals surface area contributed by atoms with Gasteiger partial charge in [-0.1, -0.05) is 17.7 Å². The SMILES string of the molecule is CNCCC1CN(c2c(C)cc(C)cc2C)C(=O)N1. The molecule has 1 atom stereocenters. The molecule has 2 amide bonds. The first-order valence-electron chi connectivity index (χ1n) is 6.83. The zero-order chi connectivity index (χ0) is 14.0. The van der Waals surface area contributed by atoms with Crippen LogP contribution in [0.1, 0.15) is 23.1 Å². The van der Waals surface area contributed by atoms with Crippen LogP contribution in [0.25, 0.3) is 0 Å². The van der Waals surface area contributed by atoms with Gasteiger partial charge >= 0.3 is 6.03 Å². The van der Waals surface area contributed by atoms with Crippen LogP contribution in [0.2, 0.25) is 0 Å². The number of nitrogens with one attached hydrogen (secondary N) is 2. The van der Waals surface area contributed by atoms with Gasteiger partial charge in [-0.25, -0.2) is 4.79 Å². The van der Waals surface area contributed by atoms with Crippen LogP contribution in [0.15, 0.2) is 12.1 Å². The Labute approximate surface area is 115 Å². The van der Waals surface area contributed by atoms with E-state index in [1.165, 1.54) is 16.7 Å². The highest BCUT2D eigenvalue weighted by atomic mass is 16.2. The fraction of sp³-hybridized carbons (Fsp3) is 0.533. The highest BCUT2D eigenvalue weighted by Gasteiger charge is 2.30. The molecule has 0 saturated carbocycles. The third kappa shape index (κ3) is 2.89. The van der Waals surface area contributed by atoms with E-state index >= 15 is 0 Å². The standard InChI is InChI=1S/C15H23N3O/c1-10-7-11(2)14(12(3)8-10)18-9-13(5-6-16-4)17-15(18)19/h7-8,13,16H,5-6,9H2,1-4H3,(H,17,19). The third-order valence-electron chi connectivity index (χ3n) is 3.62. The van der Waals surface area contributed by atoms with Crippen molar-refractivity contribution in [3.05, 3.63) is 28.8 Å². The molecule has 0 spiro atoms. The number of carbonyl (C=O) groups is 1. The number of aryl methyl sites for hydroxylation is 3. The summed E-state index contributed by atoms with van der Waals surface area (Å²) in [5, 5.41) is 6.18. The average Bonchev–Trinajstić information content (AvgIpc) is 2.67. The van der Waals surface area contributed by atoms with Crippen molar-refractivity contribution < 1.29 is 4.79 Å². The number of anilines is 1. The second-order valence-electron chi connectivity index (χ2n) is 5.40. The third-order valence-corrected chi connectivity index (χ3v) is 3.62. The molecule has 0 aromatic heterocycles.